The monoisotopic (exact) mass is 230 g/mol. The van der Waals surface area contributed by atoms with Crippen molar-refractivity contribution < 1.29 is 5.11 Å². The molecule has 2 aromatic rings. The summed E-state index contributed by atoms with van der Waals surface area (Å²) < 4.78 is 2.77. The van der Waals surface area contributed by atoms with Gasteiger partial charge in [0.1, 0.15) is 0 Å². The normalized spacial score (nSPS) is 10.7. The molecule has 0 aliphatic rings. The second-order valence-electron chi connectivity index (χ2n) is 2.58. The predicted molar refractivity (Wildman–Crippen MR) is 53.4 cm³/mol. The Morgan fingerprint density at radius 3 is 2.71 bits per heavy atom. The van der Waals surface area contributed by atoms with E-state index in [4.69, 9.17) is 0 Å². The van der Waals surface area contributed by atoms with E-state index in [1.54, 1.807) is 7.05 Å². The van der Waals surface area contributed by atoms with Crippen LogP contribution in [0.5, 0.6) is 5.88 Å². The Bertz CT molecular complexity index is 526. The first-order valence-electron chi connectivity index (χ1n) is 3.60. The first kappa shape index (κ1) is 9.28. The minimum atomic E-state index is -0.369. The number of aromatic nitrogens is 4. The number of rotatable bonds is 1. The lowest BCUT2D eigenvalue weighted by Crippen LogP contribution is -2.20. The molecule has 14 heavy (non-hydrogen) atoms. The summed E-state index contributed by atoms with van der Waals surface area (Å²) in [5.74, 6) is -0.165. The lowest BCUT2D eigenvalue weighted by Gasteiger charge is -1.93. The highest BCUT2D eigenvalue weighted by molar-refractivity contribution is 7.82. The number of thiol groups is 1. The van der Waals surface area contributed by atoms with Crippen LogP contribution in [0.1, 0.15) is 0 Å². The summed E-state index contributed by atoms with van der Waals surface area (Å²) in [6.07, 6.45) is 1.31. The molecule has 0 aliphatic carbocycles. The van der Waals surface area contributed by atoms with Gasteiger partial charge in [0.25, 0.3) is 0 Å². The van der Waals surface area contributed by atoms with E-state index in [1.165, 1.54) is 10.8 Å². The Hall–Kier alpha value is -1.28. The van der Waals surface area contributed by atoms with Crippen LogP contribution in [0.3, 0.4) is 0 Å². The summed E-state index contributed by atoms with van der Waals surface area (Å²) >= 11 is 5.09. The zero-order valence-electron chi connectivity index (χ0n) is 7.08. The zero-order valence-corrected chi connectivity index (χ0v) is 8.79. The largest absolute Gasteiger partial charge is 0.493 e. The van der Waals surface area contributed by atoms with Gasteiger partial charge < -0.3 is 5.11 Å². The molecule has 0 atom stereocenters. The Morgan fingerprint density at radius 1 is 1.57 bits per heavy atom. The van der Waals surface area contributed by atoms with Gasteiger partial charge in [0.15, 0.2) is 4.34 Å². The fourth-order valence-corrected chi connectivity index (χ4v) is 1.90. The van der Waals surface area contributed by atoms with E-state index >= 15 is 0 Å². The zero-order chi connectivity index (χ0) is 10.3. The molecule has 0 amide bonds. The summed E-state index contributed by atoms with van der Waals surface area (Å²) in [6, 6.07) is 0. The molecule has 2 aromatic heterocycles. The van der Waals surface area contributed by atoms with Crippen molar-refractivity contribution >= 4 is 24.0 Å². The second kappa shape index (κ2) is 3.14. The average Bonchev–Trinajstić information content (AvgIpc) is 2.60. The number of hydrogen-bond acceptors (Lipinski definition) is 6. The molecule has 0 aliphatic heterocycles. The minimum Gasteiger partial charge on any atom is -0.493 e. The molecule has 1 N–H and O–H groups in total. The molecule has 2 rings (SSSR count). The van der Waals surface area contributed by atoms with Gasteiger partial charge in [0.05, 0.1) is 6.20 Å². The number of aromatic hydroxyl groups is 1. The van der Waals surface area contributed by atoms with Gasteiger partial charge in [-0.3, -0.25) is 4.57 Å². The van der Waals surface area contributed by atoms with Crippen LogP contribution >= 0.6 is 24.0 Å². The maximum absolute atomic E-state index is 11.5. The van der Waals surface area contributed by atoms with Crippen LogP contribution in [0.25, 0.3) is 5.13 Å². The first-order chi connectivity index (χ1) is 6.59. The van der Waals surface area contributed by atoms with Crippen molar-refractivity contribution in [3.63, 3.8) is 0 Å². The Labute approximate surface area is 87.9 Å². The molecule has 0 saturated carbocycles. The first-order valence-corrected chi connectivity index (χ1v) is 4.86. The summed E-state index contributed by atoms with van der Waals surface area (Å²) in [4.78, 5) is 11.5. The molecule has 2 heterocycles. The quantitative estimate of drug-likeness (QED) is 0.677. The maximum Gasteiger partial charge on any atom is 0.337 e. The molecular formula is C6H6N4O2S2. The van der Waals surface area contributed by atoms with E-state index in [1.807, 2.05) is 0 Å². The van der Waals surface area contributed by atoms with Gasteiger partial charge in [-0.1, -0.05) is 11.3 Å². The highest BCUT2D eigenvalue weighted by atomic mass is 32.2. The van der Waals surface area contributed by atoms with Gasteiger partial charge >= 0.3 is 5.69 Å². The number of imidazole rings is 1. The lowest BCUT2D eigenvalue weighted by atomic mass is 10.8. The van der Waals surface area contributed by atoms with E-state index < -0.39 is 0 Å². The number of hydrogen-bond donors (Lipinski definition) is 2. The van der Waals surface area contributed by atoms with Crippen LogP contribution in [0, 0.1) is 0 Å². The van der Waals surface area contributed by atoms with E-state index in [2.05, 4.69) is 22.8 Å². The van der Waals surface area contributed by atoms with Gasteiger partial charge in [-0.25, -0.2) is 9.36 Å². The van der Waals surface area contributed by atoms with Crippen LogP contribution in [0.15, 0.2) is 15.3 Å². The predicted octanol–water partition coefficient (Wildman–Crippen LogP) is 0.0218. The van der Waals surface area contributed by atoms with Crippen LogP contribution in [-0.2, 0) is 7.05 Å². The molecular weight excluding hydrogens is 224 g/mol. The van der Waals surface area contributed by atoms with E-state index in [0.717, 1.165) is 15.9 Å². The van der Waals surface area contributed by atoms with Crippen molar-refractivity contribution in [2.45, 2.75) is 4.34 Å². The van der Waals surface area contributed by atoms with E-state index in [9.17, 15) is 9.90 Å². The van der Waals surface area contributed by atoms with E-state index in [0.29, 0.717) is 9.47 Å². The Kier molecular flexibility index (Phi) is 2.08. The van der Waals surface area contributed by atoms with Crippen molar-refractivity contribution in [3.8, 4) is 11.0 Å². The fourth-order valence-electron chi connectivity index (χ4n) is 1.02. The van der Waals surface area contributed by atoms with Crippen molar-refractivity contribution in [1.29, 1.82) is 0 Å². The number of nitrogens with zero attached hydrogens (tertiary/aromatic N) is 4. The summed E-state index contributed by atoms with van der Waals surface area (Å²) in [5, 5.41) is 17.1. The van der Waals surface area contributed by atoms with Gasteiger partial charge in [-0.2, -0.15) is 0 Å². The molecule has 6 nitrogen and oxygen atoms in total. The number of aryl methyl sites for hydroxylation is 1. The van der Waals surface area contributed by atoms with Crippen LogP contribution in [0.2, 0.25) is 0 Å². The summed E-state index contributed by atoms with van der Waals surface area (Å²) in [6.45, 7) is 0. The standard InChI is InChI=1S/C6H6N4O2S2/c1-9-2-3(11)10(6(9)12)4-7-8-5(13)14-4/h2,11H,1H3,(H,8,13). The van der Waals surface area contributed by atoms with Gasteiger partial charge in [-0.05, 0) is 0 Å². The molecule has 0 fully saturated rings. The van der Waals surface area contributed by atoms with Gasteiger partial charge in [0, 0.05) is 7.05 Å². The van der Waals surface area contributed by atoms with Crippen LogP contribution in [-0.4, -0.2) is 24.4 Å². The third-order valence-corrected chi connectivity index (χ3v) is 2.70. The maximum atomic E-state index is 11.5. The molecule has 74 valence electrons. The molecule has 8 heteroatoms. The fraction of sp³-hybridized carbons (Fsp3) is 0.167. The topological polar surface area (TPSA) is 72.9 Å². The van der Waals surface area contributed by atoms with Crippen molar-refractivity contribution in [2.24, 2.45) is 7.05 Å². The third-order valence-electron chi connectivity index (χ3n) is 1.63. The Morgan fingerprint density at radius 2 is 2.29 bits per heavy atom. The molecule has 0 radical (unpaired) electrons. The molecule has 0 unspecified atom stereocenters. The molecule has 0 aromatic carbocycles. The second-order valence-corrected chi connectivity index (χ2v) is 4.27. The minimum absolute atomic E-state index is 0.165. The lowest BCUT2D eigenvalue weighted by molar-refractivity contribution is 0.440. The van der Waals surface area contributed by atoms with Crippen molar-refractivity contribution in [3.05, 3.63) is 16.7 Å². The smallest absolute Gasteiger partial charge is 0.337 e. The summed E-state index contributed by atoms with van der Waals surface area (Å²) in [7, 11) is 1.54. The van der Waals surface area contributed by atoms with Crippen molar-refractivity contribution in [2.75, 3.05) is 0 Å². The highest BCUT2D eigenvalue weighted by Crippen LogP contribution is 2.19. The van der Waals surface area contributed by atoms with Gasteiger partial charge in [0.2, 0.25) is 11.0 Å². The Balaban J connectivity index is 2.67. The van der Waals surface area contributed by atoms with E-state index in [-0.39, 0.29) is 11.6 Å². The van der Waals surface area contributed by atoms with Crippen LogP contribution in [0.4, 0.5) is 0 Å². The van der Waals surface area contributed by atoms with Gasteiger partial charge in [-0.15, -0.1) is 22.8 Å². The SMILES string of the molecule is Cn1cc(O)n(-c2nnc(S)s2)c1=O. The summed E-state index contributed by atoms with van der Waals surface area (Å²) in [5.41, 5.74) is -0.369. The molecule has 0 spiro atoms. The average molecular weight is 230 g/mol. The highest BCUT2D eigenvalue weighted by Gasteiger charge is 2.13. The van der Waals surface area contributed by atoms with Crippen LogP contribution < -0.4 is 5.69 Å². The molecule has 0 bridgehead atoms. The molecule has 0 saturated heterocycles. The van der Waals surface area contributed by atoms with Crippen molar-refractivity contribution in [1.82, 2.24) is 19.3 Å². The third kappa shape index (κ3) is 1.32.